The maximum Gasteiger partial charge on any atom is 0.416 e. The second kappa shape index (κ2) is 10.0. The SMILES string of the molecule is N#Cc1nc(SCc2cnn(-c3c(Cl)cc(C(F)(F)F)cc3Cl)n2)n(Cc2ccccc2)c1C#N. The van der Waals surface area contributed by atoms with Crippen molar-refractivity contribution in [2.75, 3.05) is 0 Å². The molecule has 0 aliphatic carbocycles. The fourth-order valence-electron chi connectivity index (χ4n) is 3.17. The van der Waals surface area contributed by atoms with Crippen LogP contribution >= 0.6 is 35.0 Å². The van der Waals surface area contributed by atoms with Gasteiger partial charge in [-0.15, -0.1) is 4.80 Å². The average Bonchev–Trinajstić information content (AvgIpc) is 3.41. The van der Waals surface area contributed by atoms with Gasteiger partial charge in [0.25, 0.3) is 0 Å². The summed E-state index contributed by atoms with van der Waals surface area (Å²) < 4.78 is 40.6. The van der Waals surface area contributed by atoms with Crippen molar-refractivity contribution < 1.29 is 13.2 Å². The number of hydrogen-bond acceptors (Lipinski definition) is 6. The van der Waals surface area contributed by atoms with Crippen LogP contribution < -0.4 is 0 Å². The number of hydrogen-bond donors (Lipinski definition) is 0. The molecule has 2 aromatic carbocycles. The molecule has 0 amide bonds. The molecule has 0 unspecified atom stereocenters. The van der Waals surface area contributed by atoms with Crippen LogP contribution in [0.2, 0.25) is 10.0 Å². The van der Waals surface area contributed by atoms with Gasteiger partial charge < -0.3 is 4.57 Å². The third-order valence-electron chi connectivity index (χ3n) is 4.76. The van der Waals surface area contributed by atoms with E-state index in [0.29, 0.717) is 17.4 Å². The van der Waals surface area contributed by atoms with Crippen molar-refractivity contribution in [2.45, 2.75) is 23.6 Å². The Morgan fingerprint density at radius 2 is 1.71 bits per heavy atom. The molecule has 4 rings (SSSR count). The summed E-state index contributed by atoms with van der Waals surface area (Å²) in [7, 11) is 0. The molecule has 0 aliphatic heterocycles. The van der Waals surface area contributed by atoms with E-state index in [0.717, 1.165) is 22.5 Å². The lowest BCUT2D eigenvalue weighted by atomic mass is 10.2. The molecule has 7 nitrogen and oxygen atoms in total. The monoisotopic (exact) mass is 533 g/mol. The van der Waals surface area contributed by atoms with E-state index in [4.69, 9.17) is 23.2 Å². The summed E-state index contributed by atoms with van der Waals surface area (Å²) in [4.78, 5) is 5.33. The van der Waals surface area contributed by atoms with Crippen LogP contribution in [0, 0.1) is 22.7 Å². The second-order valence-electron chi connectivity index (χ2n) is 7.09. The lowest BCUT2D eigenvalue weighted by molar-refractivity contribution is -0.137. The Balaban J connectivity index is 1.59. The predicted molar refractivity (Wildman–Crippen MR) is 123 cm³/mol. The van der Waals surface area contributed by atoms with Gasteiger partial charge in [0.2, 0.25) is 0 Å². The van der Waals surface area contributed by atoms with Gasteiger partial charge in [0.05, 0.1) is 34.0 Å². The molecule has 0 radical (unpaired) electrons. The van der Waals surface area contributed by atoms with Crippen molar-refractivity contribution >= 4 is 35.0 Å². The first kappa shape index (κ1) is 24.6. The first-order valence-electron chi connectivity index (χ1n) is 9.76. The Morgan fingerprint density at radius 1 is 1.03 bits per heavy atom. The van der Waals surface area contributed by atoms with Gasteiger partial charge in [0.15, 0.2) is 16.5 Å². The number of nitriles is 2. The van der Waals surface area contributed by atoms with E-state index in [1.54, 1.807) is 4.57 Å². The van der Waals surface area contributed by atoms with Crippen molar-refractivity contribution in [2.24, 2.45) is 0 Å². The fourth-order valence-corrected chi connectivity index (χ4v) is 4.69. The third kappa shape index (κ3) is 5.28. The van der Waals surface area contributed by atoms with Crippen LogP contribution in [0.3, 0.4) is 0 Å². The Bertz CT molecular complexity index is 1440. The van der Waals surface area contributed by atoms with Crippen LogP contribution in [-0.4, -0.2) is 24.5 Å². The first-order valence-corrected chi connectivity index (χ1v) is 11.5. The van der Waals surface area contributed by atoms with Crippen molar-refractivity contribution in [1.82, 2.24) is 24.5 Å². The number of halogens is 5. The number of alkyl halides is 3. The van der Waals surface area contributed by atoms with E-state index in [9.17, 15) is 23.7 Å². The summed E-state index contributed by atoms with van der Waals surface area (Å²) in [6.45, 7) is 0.338. The zero-order chi connectivity index (χ0) is 25.2. The van der Waals surface area contributed by atoms with Crippen molar-refractivity contribution in [3.63, 3.8) is 0 Å². The highest BCUT2D eigenvalue weighted by atomic mass is 35.5. The number of thioether (sulfide) groups is 1. The maximum atomic E-state index is 13.0. The Labute approximate surface area is 211 Å². The van der Waals surface area contributed by atoms with Gasteiger partial charge in [-0.2, -0.15) is 33.9 Å². The largest absolute Gasteiger partial charge is 0.416 e. The van der Waals surface area contributed by atoms with Gasteiger partial charge in [0.1, 0.15) is 17.8 Å². The zero-order valence-electron chi connectivity index (χ0n) is 17.5. The normalized spacial score (nSPS) is 11.3. The topological polar surface area (TPSA) is 96.1 Å². The second-order valence-corrected chi connectivity index (χ2v) is 8.84. The highest BCUT2D eigenvalue weighted by Gasteiger charge is 2.32. The number of nitrogens with zero attached hydrogens (tertiary/aromatic N) is 7. The van der Waals surface area contributed by atoms with Gasteiger partial charge in [-0.05, 0) is 17.7 Å². The summed E-state index contributed by atoms with van der Waals surface area (Å²) in [5.41, 5.74) is 0.565. The molecule has 0 spiro atoms. The average molecular weight is 534 g/mol. The third-order valence-corrected chi connectivity index (χ3v) is 6.35. The molecule has 0 fully saturated rings. The Morgan fingerprint density at radius 3 is 2.31 bits per heavy atom. The van der Waals surface area contributed by atoms with Crippen LogP contribution in [0.15, 0.2) is 53.8 Å². The lowest BCUT2D eigenvalue weighted by Gasteiger charge is -2.11. The van der Waals surface area contributed by atoms with Crippen LogP contribution in [0.4, 0.5) is 13.2 Å². The van der Waals surface area contributed by atoms with Crippen molar-refractivity contribution in [3.8, 4) is 17.8 Å². The summed E-state index contributed by atoms with van der Waals surface area (Å²) >= 11 is 13.3. The molecule has 176 valence electrons. The molecular weight excluding hydrogens is 522 g/mol. The quantitative estimate of drug-likeness (QED) is 0.287. The Hall–Kier alpha value is -3.51. The molecule has 2 heterocycles. The highest BCUT2D eigenvalue weighted by molar-refractivity contribution is 7.98. The highest BCUT2D eigenvalue weighted by Crippen LogP contribution is 2.37. The summed E-state index contributed by atoms with van der Waals surface area (Å²) in [6, 6.07) is 14.9. The maximum absolute atomic E-state index is 13.0. The fraction of sp³-hybridized carbons (Fsp3) is 0.136. The number of benzene rings is 2. The first-order chi connectivity index (χ1) is 16.7. The minimum absolute atomic E-state index is 0.0119. The van der Waals surface area contributed by atoms with Crippen molar-refractivity contribution in [3.05, 3.63) is 86.9 Å². The molecule has 4 aromatic rings. The molecule has 0 bridgehead atoms. The van der Waals surface area contributed by atoms with E-state index >= 15 is 0 Å². The van der Waals surface area contributed by atoms with Crippen LogP contribution in [-0.2, 0) is 18.5 Å². The van der Waals surface area contributed by atoms with E-state index in [-0.39, 0.29) is 32.9 Å². The summed E-state index contributed by atoms with van der Waals surface area (Å²) in [6.07, 6.45) is -3.18. The molecular formula is C22H12Cl2F3N7S. The van der Waals surface area contributed by atoms with Gasteiger partial charge in [-0.25, -0.2) is 4.98 Å². The molecule has 0 N–H and O–H groups in total. The molecule has 35 heavy (non-hydrogen) atoms. The van der Waals surface area contributed by atoms with E-state index < -0.39 is 11.7 Å². The van der Waals surface area contributed by atoms with Crippen LogP contribution in [0.25, 0.3) is 5.69 Å². The Kier molecular flexibility index (Phi) is 7.03. The molecule has 13 heteroatoms. The zero-order valence-corrected chi connectivity index (χ0v) is 19.8. The molecule has 0 saturated heterocycles. The van der Waals surface area contributed by atoms with Gasteiger partial charge >= 0.3 is 6.18 Å². The smallest absolute Gasteiger partial charge is 0.305 e. The predicted octanol–water partition coefficient (Wildman–Crippen LogP) is 5.87. The van der Waals surface area contributed by atoms with Gasteiger partial charge in [-0.1, -0.05) is 65.3 Å². The van der Waals surface area contributed by atoms with E-state index in [1.807, 2.05) is 42.5 Å². The van der Waals surface area contributed by atoms with Crippen LogP contribution in [0.5, 0.6) is 0 Å². The number of rotatable bonds is 6. The number of aromatic nitrogens is 5. The lowest BCUT2D eigenvalue weighted by Crippen LogP contribution is -2.08. The van der Waals surface area contributed by atoms with Gasteiger partial charge in [0, 0.05) is 5.75 Å². The summed E-state index contributed by atoms with van der Waals surface area (Å²) in [5, 5.41) is 27.2. The standard InChI is InChI=1S/C22H12Cl2F3N7S/c23-16-6-14(22(25,26)27)7-17(24)20(16)34-30-10-15(32-34)12-35-21-31-18(8-28)19(9-29)33(21)11-13-4-2-1-3-5-13/h1-7,10H,11-12H2. The van der Waals surface area contributed by atoms with E-state index in [2.05, 4.69) is 15.2 Å². The van der Waals surface area contributed by atoms with Crippen LogP contribution in [0.1, 0.15) is 28.2 Å². The van der Waals surface area contributed by atoms with E-state index in [1.165, 1.54) is 18.0 Å². The minimum atomic E-state index is -4.60. The number of imidazole rings is 1. The minimum Gasteiger partial charge on any atom is -0.305 e. The van der Waals surface area contributed by atoms with Crippen molar-refractivity contribution in [1.29, 1.82) is 10.5 Å². The molecule has 0 atom stereocenters. The molecule has 0 saturated carbocycles. The summed E-state index contributed by atoms with van der Waals surface area (Å²) in [5.74, 6) is 0.247. The molecule has 0 aliphatic rings. The molecule has 2 aromatic heterocycles. The van der Waals surface area contributed by atoms with Gasteiger partial charge in [-0.3, -0.25) is 0 Å².